The fourth-order valence-corrected chi connectivity index (χ4v) is 3.03. The standard InChI is InChI=1S/C18H32N2/c1-6-15(7-2)18(20(4)5)14-19-13-17-12-10-9-11-16(17)8-3/h9-12,15,18-19H,6-8,13-14H2,1-5H3. The molecule has 0 spiro atoms. The average molecular weight is 276 g/mol. The molecule has 0 saturated carbocycles. The molecule has 0 bridgehead atoms. The fourth-order valence-electron chi connectivity index (χ4n) is 3.03. The molecule has 0 aliphatic rings. The average Bonchev–Trinajstić information content (AvgIpc) is 2.46. The van der Waals surface area contributed by atoms with Crippen molar-refractivity contribution < 1.29 is 0 Å². The second kappa shape index (κ2) is 9.15. The summed E-state index contributed by atoms with van der Waals surface area (Å²) < 4.78 is 0. The van der Waals surface area contributed by atoms with Crippen molar-refractivity contribution in [2.45, 2.75) is 52.6 Å². The summed E-state index contributed by atoms with van der Waals surface area (Å²) in [6.45, 7) is 8.88. The maximum Gasteiger partial charge on any atom is 0.0242 e. The van der Waals surface area contributed by atoms with Gasteiger partial charge in [-0.25, -0.2) is 0 Å². The molecule has 0 amide bonds. The van der Waals surface area contributed by atoms with E-state index >= 15 is 0 Å². The summed E-state index contributed by atoms with van der Waals surface area (Å²) >= 11 is 0. The Bertz CT molecular complexity index is 369. The van der Waals surface area contributed by atoms with Crippen LogP contribution < -0.4 is 5.32 Å². The van der Waals surface area contributed by atoms with Gasteiger partial charge in [0.25, 0.3) is 0 Å². The largest absolute Gasteiger partial charge is 0.311 e. The molecule has 1 unspecified atom stereocenters. The minimum atomic E-state index is 0.624. The van der Waals surface area contributed by atoms with Gasteiger partial charge < -0.3 is 10.2 Å². The molecule has 0 aliphatic carbocycles. The third-order valence-corrected chi connectivity index (χ3v) is 4.42. The number of nitrogens with one attached hydrogen (secondary N) is 1. The van der Waals surface area contributed by atoms with Crippen LogP contribution in [0.5, 0.6) is 0 Å². The summed E-state index contributed by atoms with van der Waals surface area (Å²) in [5, 5.41) is 3.67. The quantitative estimate of drug-likeness (QED) is 0.740. The first kappa shape index (κ1) is 17.2. The molecule has 20 heavy (non-hydrogen) atoms. The Morgan fingerprint density at radius 2 is 1.60 bits per heavy atom. The van der Waals surface area contributed by atoms with Crippen molar-refractivity contribution in [3.8, 4) is 0 Å². The van der Waals surface area contributed by atoms with E-state index < -0.39 is 0 Å². The predicted molar refractivity (Wildman–Crippen MR) is 89.1 cm³/mol. The number of hydrogen-bond donors (Lipinski definition) is 1. The zero-order valence-corrected chi connectivity index (χ0v) is 13.9. The topological polar surface area (TPSA) is 15.3 Å². The van der Waals surface area contributed by atoms with Crippen LogP contribution in [0.2, 0.25) is 0 Å². The van der Waals surface area contributed by atoms with Gasteiger partial charge in [-0.15, -0.1) is 0 Å². The molecule has 2 heteroatoms. The maximum atomic E-state index is 3.67. The van der Waals surface area contributed by atoms with E-state index in [1.807, 2.05) is 0 Å². The second-order valence-electron chi connectivity index (χ2n) is 5.86. The molecule has 0 aliphatic heterocycles. The highest BCUT2D eigenvalue weighted by Gasteiger charge is 2.19. The summed E-state index contributed by atoms with van der Waals surface area (Å²) in [5.74, 6) is 0.777. The molecule has 0 radical (unpaired) electrons. The summed E-state index contributed by atoms with van der Waals surface area (Å²) in [4.78, 5) is 2.37. The van der Waals surface area contributed by atoms with Crippen LogP contribution in [0.1, 0.15) is 44.7 Å². The van der Waals surface area contributed by atoms with Crippen LogP contribution in [-0.4, -0.2) is 31.6 Å². The van der Waals surface area contributed by atoms with Gasteiger partial charge in [0.15, 0.2) is 0 Å². The molecule has 0 fully saturated rings. The van der Waals surface area contributed by atoms with Crippen molar-refractivity contribution in [2.75, 3.05) is 20.6 Å². The second-order valence-corrected chi connectivity index (χ2v) is 5.86. The number of benzene rings is 1. The lowest BCUT2D eigenvalue weighted by atomic mass is 9.93. The molecule has 1 rings (SSSR count). The van der Waals surface area contributed by atoms with Gasteiger partial charge in [0.2, 0.25) is 0 Å². The molecule has 114 valence electrons. The lowest BCUT2D eigenvalue weighted by Gasteiger charge is -2.31. The predicted octanol–water partition coefficient (Wildman–Crippen LogP) is 3.71. The molecular formula is C18H32N2. The van der Waals surface area contributed by atoms with E-state index in [2.05, 4.69) is 69.3 Å². The normalized spacial score (nSPS) is 13.2. The van der Waals surface area contributed by atoms with Gasteiger partial charge in [-0.3, -0.25) is 0 Å². The molecule has 0 aromatic heterocycles. The first-order valence-corrected chi connectivity index (χ1v) is 8.07. The molecule has 0 saturated heterocycles. The molecule has 0 heterocycles. The zero-order valence-electron chi connectivity index (χ0n) is 13.9. The van der Waals surface area contributed by atoms with Crippen LogP contribution in [0, 0.1) is 5.92 Å². The maximum absolute atomic E-state index is 3.67. The van der Waals surface area contributed by atoms with E-state index in [1.165, 1.54) is 24.0 Å². The lowest BCUT2D eigenvalue weighted by molar-refractivity contribution is 0.194. The van der Waals surface area contributed by atoms with Gasteiger partial charge in [-0.1, -0.05) is 57.9 Å². The Kier molecular flexibility index (Phi) is 7.86. The van der Waals surface area contributed by atoms with Gasteiger partial charge in [0, 0.05) is 19.1 Å². The van der Waals surface area contributed by atoms with E-state index in [9.17, 15) is 0 Å². The van der Waals surface area contributed by atoms with Gasteiger partial charge in [-0.05, 0) is 37.6 Å². The number of aryl methyl sites for hydroxylation is 1. The summed E-state index contributed by atoms with van der Waals surface area (Å²) in [6, 6.07) is 9.38. The number of likely N-dealkylation sites (N-methyl/N-ethyl adjacent to an activating group) is 1. The zero-order chi connectivity index (χ0) is 15.0. The highest BCUT2D eigenvalue weighted by atomic mass is 15.1. The minimum absolute atomic E-state index is 0.624. The molecule has 2 nitrogen and oxygen atoms in total. The molecular weight excluding hydrogens is 244 g/mol. The number of nitrogens with zero attached hydrogens (tertiary/aromatic N) is 1. The molecule has 1 aromatic carbocycles. The van der Waals surface area contributed by atoms with Crippen LogP contribution in [0.15, 0.2) is 24.3 Å². The van der Waals surface area contributed by atoms with Crippen LogP contribution in [0.4, 0.5) is 0 Å². The number of rotatable bonds is 9. The van der Waals surface area contributed by atoms with Crippen molar-refractivity contribution in [1.82, 2.24) is 10.2 Å². The first-order valence-electron chi connectivity index (χ1n) is 8.07. The van der Waals surface area contributed by atoms with Gasteiger partial charge in [0.05, 0.1) is 0 Å². The SMILES string of the molecule is CCc1ccccc1CNCC(C(CC)CC)N(C)C. The minimum Gasteiger partial charge on any atom is -0.311 e. The Labute approximate surface area is 125 Å². The van der Waals surface area contributed by atoms with Crippen molar-refractivity contribution in [2.24, 2.45) is 5.92 Å². The molecule has 1 aromatic rings. The van der Waals surface area contributed by atoms with E-state index in [-0.39, 0.29) is 0 Å². The Morgan fingerprint density at radius 1 is 1.00 bits per heavy atom. The van der Waals surface area contributed by atoms with E-state index in [1.54, 1.807) is 0 Å². The summed E-state index contributed by atoms with van der Waals surface area (Å²) in [7, 11) is 4.40. The van der Waals surface area contributed by atoms with Crippen molar-refractivity contribution in [3.63, 3.8) is 0 Å². The van der Waals surface area contributed by atoms with E-state index in [4.69, 9.17) is 0 Å². The Morgan fingerprint density at radius 3 is 2.10 bits per heavy atom. The van der Waals surface area contributed by atoms with Crippen molar-refractivity contribution in [3.05, 3.63) is 35.4 Å². The van der Waals surface area contributed by atoms with E-state index in [0.717, 1.165) is 25.4 Å². The highest BCUT2D eigenvalue weighted by Crippen LogP contribution is 2.16. The third-order valence-electron chi connectivity index (χ3n) is 4.42. The Balaban J connectivity index is 2.56. The highest BCUT2D eigenvalue weighted by molar-refractivity contribution is 5.26. The lowest BCUT2D eigenvalue weighted by Crippen LogP contribution is -2.42. The van der Waals surface area contributed by atoms with Crippen LogP contribution in [0.3, 0.4) is 0 Å². The molecule has 1 N–H and O–H groups in total. The number of hydrogen-bond acceptors (Lipinski definition) is 2. The van der Waals surface area contributed by atoms with Gasteiger partial charge in [0.1, 0.15) is 0 Å². The summed E-state index contributed by atoms with van der Waals surface area (Å²) in [6.07, 6.45) is 3.63. The van der Waals surface area contributed by atoms with Crippen molar-refractivity contribution >= 4 is 0 Å². The van der Waals surface area contributed by atoms with Crippen molar-refractivity contribution in [1.29, 1.82) is 0 Å². The van der Waals surface area contributed by atoms with Crippen LogP contribution in [-0.2, 0) is 13.0 Å². The van der Waals surface area contributed by atoms with Gasteiger partial charge >= 0.3 is 0 Å². The van der Waals surface area contributed by atoms with Crippen LogP contribution in [0.25, 0.3) is 0 Å². The van der Waals surface area contributed by atoms with Crippen LogP contribution >= 0.6 is 0 Å². The monoisotopic (exact) mass is 276 g/mol. The first-order chi connectivity index (χ1) is 9.63. The summed E-state index contributed by atoms with van der Waals surface area (Å²) in [5.41, 5.74) is 2.90. The van der Waals surface area contributed by atoms with E-state index in [0.29, 0.717) is 6.04 Å². The molecule has 1 atom stereocenters. The van der Waals surface area contributed by atoms with Gasteiger partial charge in [-0.2, -0.15) is 0 Å². The smallest absolute Gasteiger partial charge is 0.0242 e. The third kappa shape index (κ3) is 4.92. The fraction of sp³-hybridized carbons (Fsp3) is 0.667. The Hall–Kier alpha value is -0.860.